The largest absolute Gasteiger partial charge is 0.487 e. The van der Waals surface area contributed by atoms with Crippen LogP contribution >= 0.6 is 11.8 Å². The van der Waals surface area contributed by atoms with Gasteiger partial charge in [-0.3, -0.25) is 20.0 Å². The Balaban J connectivity index is 1.03. The summed E-state index contributed by atoms with van der Waals surface area (Å²) >= 11 is 1.82. The summed E-state index contributed by atoms with van der Waals surface area (Å²) in [6.07, 6.45) is 5.39. The van der Waals surface area contributed by atoms with Gasteiger partial charge in [-0.05, 0) is 30.2 Å². The molecule has 5 rings (SSSR count). The van der Waals surface area contributed by atoms with Crippen molar-refractivity contribution in [1.82, 2.24) is 20.1 Å². The number of hydrogen-bond donors (Lipinski definition) is 2. The molecule has 2 N–H and O–H groups in total. The number of aliphatic hydroxyl groups is 1. The first-order chi connectivity index (χ1) is 16.7. The van der Waals surface area contributed by atoms with E-state index in [1.54, 1.807) is 18.3 Å². The molecule has 2 fully saturated rings. The van der Waals surface area contributed by atoms with Crippen LogP contribution in [-0.4, -0.2) is 77.2 Å². The molecule has 0 spiro atoms. The number of hydrogen-bond acceptors (Lipinski definition) is 9. The Labute approximate surface area is 202 Å². The second-order valence-electron chi connectivity index (χ2n) is 8.69. The van der Waals surface area contributed by atoms with Gasteiger partial charge in [-0.15, -0.1) is 11.8 Å². The monoisotopic (exact) mass is 482 g/mol. The summed E-state index contributed by atoms with van der Waals surface area (Å²) in [4.78, 5) is 21.2. The molecule has 3 aromatic rings. The predicted octanol–water partition coefficient (Wildman–Crippen LogP) is 2.30. The summed E-state index contributed by atoms with van der Waals surface area (Å²) < 4.78 is 11.2. The third-order valence-electron chi connectivity index (χ3n) is 6.46. The molecule has 9 heteroatoms. The molecule has 0 radical (unpaired) electrons. The topological polar surface area (TPSA) is 91.1 Å². The number of thioether (sulfide) groups is 1. The highest BCUT2D eigenvalue weighted by molar-refractivity contribution is 7.99. The first-order valence-electron chi connectivity index (χ1n) is 11.7. The Hall–Kier alpha value is -2.43. The molecule has 8 nitrogen and oxygen atoms in total. The number of rotatable bonds is 8. The van der Waals surface area contributed by atoms with E-state index in [0.29, 0.717) is 17.6 Å². The van der Waals surface area contributed by atoms with Gasteiger partial charge in [0.25, 0.3) is 0 Å². The van der Waals surface area contributed by atoms with Crippen molar-refractivity contribution in [2.75, 3.05) is 45.1 Å². The van der Waals surface area contributed by atoms with Gasteiger partial charge < -0.3 is 19.2 Å². The normalized spacial score (nSPS) is 22.7. The Kier molecular flexibility index (Phi) is 7.46. The number of pyridine rings is 1. The highest BCUT2D eigenvalue weighted by atomic mass is 32.2. The third kappa shape index (κ3) is 5.29. The number of ether oxygens (including phenoxy) is 1. The molecular weight excluding hydrogens is 452 g/mol. The van der Waals surface area contributed by atoms with Gasteiger partial charge in [0.05, 0.1) is 23.4 Å². The van der Waals surface area contributed by atoms with Crippen molar-refractivity contribution in [3.05, 3.63) is 70.8 Å². The summed E-state index contributed by atoms with van der Waals surface area (Å²) in [5.74, 6) is 1.14. The zero-order chi connectivity index (χ0) is 23.3. The van der Waals surface area contributed by atoms with Gasteiger partial charge in [0.15, 0.2) is 0 Å². The molecule has 0 amide bonds. The third-order valence-corrected chi connectivity index (χ3v) is 7.75. The average molecular weight is 483 g/mol. The van der Waals surface area contributed by atoms with E-state index in [4.69, 9.17) is 9.15 Å². The molecule has 3 atom stereocenters. The van der Waals surface area contributed by atoms with Crippen molar-refractivity contribution in [3.63, 3.8) is 0 Å². The Bertz CT molecular complexity index is 1140. The van der Waals surface area contributed by atoms with Crippen LogP contribution in [0.25, 0.3) is 11.0 Å². The lowest BCUT2D eigenvalue weighted by Crippen LogP contribution is -2.56. The van der Waals surface area contributed by atoms with Crippen LogP contribution in [-0.2, 0) is 0 Å². The fourth-order valence-corrected chi connectivity index (χ4v) is 5.79. The molecule has 2 unspecified atom stereocenters. The Morgan fingerprint density at radius 1 is 1.21 bits per heavy atom. The lowest BCUT2D eigenvalue weighted by atomic mass is 10.2. The van der Waals surface area contributed by atoms with Gasteiger partial charge in [0, 0.05) is 50.9 Å². The first kappa shape index (κ1) is 23.3. The van der Waals surface area contributed by atoms with Crippen LogP contribution in [0.4, 0.5) is 0 Å². The van der Waals surface area contributed by atoms with Gasteiger partial charge in [0.2, 0.25) is 11.2 Å². The van der Waals surface area contributed by atoms with Crippen LogP contribution in [0.15, 0.2) is 64.3 Å². The summed E-state index contributed by atoms with van der Waals surface area (Å²) in [5, 5.41) is 15.2. The van der Waals surface area contributed by atoms with Gasteiger partial charge in [-0.1, -0.05) is 18.2 Å². The van der Waals surface area contributed by atoms with E-state index in [-0.39, 0.29) is 22.6 Å². The van der Waals surface area contributed by atoms with Gasteiger partial charge >= 0.3 is 0 Å². The van der Waals surface area contributed by atoms with Gasteiger partial charge in [-0.2, -0.15) is 0 Å². The molecule has 2 aliphatic heterocycles. The van der Waals surface area contributed by atoms with E-state index in [0.717, 1.165) is 50.5 Å². The molecule has 0 aliphatic carbocycles. The van der Waals surface area contributed by atoms with Crippen LogP contribution in [0.3, 0.4) is 0 Å². The number of fused-ring (bicyclic) bond motifs is 1. The van der Waals surface area contributed by atoms with Crippen molar-refractivity contribution in [3.8, 4) is 5.75 Å². The van der Waals surface area contributed by atoms with Crippen LogP contribution in [0, 0.1) is 0 Å². The second-order valence-corrected chi connectivity index (χ2v) is 9.83. The number of aromatic nitrogens is 1. The highest BCUT2D eigenvalue weighted by Gasteiger charge is 2.34. The molecule has 34 heavy (non-hydrogen) atoms. The molecule has 0 bridgehead atoms. The summed E-state index contributed by atoms with van der Waals surface area (Å²) in [6, 6.07) is 11.2. The summed E-state index contributed by atoms with van der Waals surface area (Å²) in [7, 11) is 0. The molecule has 2 saturated heterocycles. The van der Waals surface area contributed by atoms with Crippen LogP contribution in [0.1, 0.15) is 17.4 Å². The summed E-state index contributed by atoms with van der Waals surface area (Å²) in [5.41, 5.74) is 1.59. The van der Waals surface area contributed by atoms with E-state index in [1.807, 2.05) is 36.2 Å². The zero-order valence-corrected chi connectivity index (χ0v) is 19.8. The van der Waals surface area contributed by atoms with E-state index in [1.165, 1.54) is 6.26 Å². The number of nitrogens with one attached hydrogen (secondary N) is 1. The molecule has 2 aliphatic rings. The van der Waals surface area contributed by atoms with Gasteiger partial charge in [0.1, 0.15) is 18.1 Å². The molecule has 0 saturated carbocycles. The van der Waals surface area contributed by atoms with E-state index in [9.17, 15) is 9.90 Å². The number of nitrogens with zero attached hydrogens (tertiary/aromatic N) is 3. The van der Waals surface area contributed by atoms with Crippen LogP contribution in [0.2, 0.25) is 0 Å². The predicted molar refractivity (Wildman–Crippen MR) is 133 cm³/mol. The number of para-hydroxylation sites is 1. The quantitative estimate of drug-likeness (QED) is 0.469. The number of piperazine rings is 1. The number of benzene rings is 1. The standard InChI is InChI=1S/C25H30N4O4S/c30-23-19-6-1-2-7-21(19)33-16-22(23)32-14-4-9-28-10-12-29(13-11-28)25(31)20-17-34-24(27-20)18-5-3-8-26-15-18/h1-3,5-8,15-16,20,24-25,27,31H,4,9-14,17H2/t20?,24?,25-/m0/s1. The van der Waals surface area contributed by atoms with Crippen molar-refractivity contribution in [2.24, 2.45) is 0 Å². The first-order valence-corrected chi connectivity index (χ1v) is 12.8. The van der Waals surface area contributed by atoms with Crippen molar-refractivity contribution >= 4 is 22.7 Å². The fraction of sp³-hybridized carbons (Fsp3) is 0.440. The Morgan fingerprint density at radius 2 is 2.06 bits per heavy atom. The van der Waals surface area contributed by atoms with Crippen molar-refractivity contribution in [1.29, 1.82) is 0 Å². The number of aliphatic hydroxyl groups excluding tert-OH is 1. The van der Waals surface area contributed by atoms with Crippen LogP contribution in [0.5, 0.6) is 5.75 Å². The smallest absolute Gasteiger partial charge is 0.234 e. The fourth-order valence-electron chi connectivity index (χ4n) is 4.52. The van der Waals surface area contributed by atoms with Crippen molar-refractivity contribution < 1.29 is 14.3 Å². The maximum Gasteiger partial charge on any atom is 0.234 e. The van der Waals surface area contributed by atoms with E-state index in [2.05, 4.69) is 26.2 Å². The van der Waals surface area contributed by atoms with E-state index >= 15 is 0 Å². The molecule has 4 heterocycles. The maximum atomic E-state index is 12.5. The van der Waals surface area contributed by atoms with Gasteiger partial charge in [-0.25, -0.2) is 0 Å². The van der Waals surface area contributed by atoms with E-state index < -0.39 is 6.23 Å². The molecule has 1 aromatic carbocycles. The molecule has 2 aromatic heterocycles. The minimum absolute atomic E-state index is 0.0452. The zero-order valence-electron chi connectivity index (χ0n) is 19.0. The lowest BCUT2D eigenvalue weighted by molar-refractivity contribution is -0.0422. The molecular formula is C25H30N4O4S. The lowest BCUT2D eigenvalue weighted by Gasteiger charge is -2.39. The minimum Gasteiger partial charge on any atom is -0.487 e. The minimum atomic E-state index is -0.494. The second kappa shape index (κ2) is 10.9. The maximum absolute atomic E-state index is 12.5. The Morgan fingerprint density at radius 3 is 2.88 bits per heavy atom. The highest BCUT2D eigenvalue weighted by Crippen LogP contribution is 2.33. The van der Waals surface area contributed by atoms with Crippen LogP contribution < -0.4 is 15.5 Å². The molecule has 180 valence electrons. The average Bonchev–Trinajstić information content (AvgIpc) is 3.39. The SMILES string of the molecule is O=c1c(OCCCN2CCN([C@@H](O)C3CSC(c4cccnc4)N3)CC2)coc2ccccc12. The van der Waals surface area contributed by atoms with Crippen molar-refractivity contribution in [2.45, 2.75) is 24.1 Å². The summed E-state index contributed by atoms with van der Waals surface area (Å²) in [6.45, 7) is 4.82.